The highest BCUT2D eigenvalue weighted by Crippen LogP contribution is 2.22. The van der Waals surface area contributed by atoms with Crippen LogP contribution in [0.4, 0.5) is 0 Å². The van der Waals surface area contributed by atoms with Crippen molar-refractivity contribution in [2.75, 3.05) is 0 Å². The normalized spacial score (nSPS) is 10.2. The molecule has 0 amide bonds. The van der Waals surface area contributed by atoms with Crippen LogP contribution in [0.5, 0.6) is 0 Å². The van der Waals surface area contributed by atoms with Gasteiger partial charge >= 0.3 is 5.97 Å². The van der Waals surface area contributed by atoms with Crippen LogP contribution in [-0.4, -0.2) is 16.1 Å². The number of aliphatic carboxylic acids is 1. The second kappa shape index (κ2) is 4.78. The second-order valence-corrected chi connectivity index (χ2v) is 3.96. The Hall–Kier alpha value is -2.16. The van der Waals surface area contributed by atoms with Gasteiger partial charge in [-0.3, -0.25) is 9.78 Å². The Morgan fingerprint density at radius 3 is 2.53 bits per heavy atom. The molecule has 0 aliphatic heterocycles. The van der Waals surface area contributed by atoms with Crippen LogP contribution in [-0.2, 0) is 11.2 Å². The van der Waals surface area contributed by atoms with Gasteiger partial charge < -0.3 is 5.11 Å². The van der Waals surface area contributed by atoms with Gasteiger partial charge in [0.05, 0.1) is 6.42 Å². The molecule has 0 saturated heterocycles. The molecule has 1 N–H and O–H groups in total. The molecule has 3 nitrogen and oxygen atoms in total. The molecule has 0 spiro atoms. The fraction of sp³-hybridized carbons (Fsp3) is 0.143. The van der Waals surface area contributed by atoms with Gasteiger partial charge in [-0.25, -0.2) is 0 Å². The van der Waals surface area contributed by atoms with Gasteiger partial charge in [0.25, 0.3) is 0 Å². The average molecular weight is 227 g/mol. The molecule has 17 heavy (non-hydrogen) atoms. The van der Waals surface area contributed by atoms with Gasteiger partial charge in [0.2, 0.25) is 0 Å². The molecule has 0 bridgehead atoms. The molecular weight excluding hydrogens is 214 g/mol. The molecule has 2 aromatic rings. The van der Waals surface area contributed by atoms with E-state index in [2.05, 4.69) is 4.98 Å². The SMILES string of the molecule is Cc1ccncc1-c1ccc(CC(=O)O)cc1. The van der Waals surface area contributed by atoms with Crippen molar-refractivity contribution < 1.29 is 9.90 Å². The quantitative estimate of drug-likeness (QED) is 0.877. The zero-order valence-corrected chi connectivity index (χ0v) is 9.55. The number of nitrogens with zero attached hydrogens (tertiary/aromatic N) is 1. The molecule has 0 aliphatic carbocycles. The van der Waals surface area contributed by atoms with Crippen LogP contribution in [0.3, 0.4) is 0 Å². The highest BCUT2D eigenvalue weighted by atomic mass is 16.4. The van der Waals surface area contributed by atoms with Gasteiger partial charge in [-0.1, -0.05) is 24.3 Å². The average Bonchev–Trinajstić information content (AvgIpc) is 2.30. The number of aromatic nitrogens is 1. The van der Waals surface area contributed by atoms with Crippen LogP contribution in [0.15, 0.2) is 42.7 Å². The Morgan fingerprint density at radius 1 is 1.24 bits per heavy atom. The lowest BCUT2D eigenvalue weighted by molar-refractivity contribution is -0.136. The summed E-state index contributed by atoms with van der Waals surface area (Å²) in [6.45, 7) is 2.03. The van der Waals surface area contributed by atoms with Crippen LogP contribution in [0.1, 0.15) is 11.1 Å². The Balaban J connectivity index is 2.30. The van der Waals surface area contributed by atoms with Crippen molar-refractivity contribution in [2.45, 2.75) is 13.3 Å². The van der Waals surface area contributed by atoms with Gasteiger partial charge in [0.15, 0.2) is 0 Å². The van der Waals surface area contributed by atoms with Crippen molar-refractivity contribution in [3.05, 3.63) is 53.9 Å². The van der Waals surface area contributed by atoms with Gasteiger partial charge in [-0.2, -0.15) is 0 Å². The number of aryl methyl sites for hydroxylation is 1. The fourth-order valence-electron chi connectivity index (χ4n) is 1.74. The third-order valence-corrected chi connectivity index (χ3v) is 2.66. The van der Waals surface area contributed by atoms with Crippen LogP contribution in [0.25, 0.3) is 11.1 Å². The number of carbonyl (C=O) groups is 1. The summed E-state index contributed by atoms with van der Waals surface area (Å²) in [7, 11) is 0. The largest absolute Gasteiger partial charge is 0.481 e. The summed E-state index contributed by atoms with van der Waals surface area (Å²) in [6.07, 6.45) is 3.64. The van der Waals surface area contributed by atoms with Gasteiger partial charge in [0, 0.05) is 18.0 Å². The van der Waals surface area contributed by atoms with Crippen molar-refractivity contribution in [1.29, 1.82) is 0 Å². The minimum Gasteiger partial charge on any atom is -0.481 e. The van der Waals surface area contributed by atoms with Crippen LogP contribution in [0, 0.1) is 6.92 Å². The molecule has 3 heteroatoms. The number of carboxylic acids is 1. The zero-order chi connectivity index (χ0) is 12.3. The van der Waals surface area contributed by atoms with E-state index in [-0.39, 0.29) is 6.42 Å². The highest BCUT2D eigenvalue weighted by molar-refractivity contribution is 5.71. The highest BCUT2D eigenvalue weighted by Gasteiger charge is 2.03. The lowest BCUT2D eigenvalue weighted by Gasteiger charge is -2.05. The van der Waals surface area contributed by atoms with E-state index in [1.54, 1.807) is 6.20 Å². The van der Waals surface area contributed by atoms with Gasteiger partial charge in [-0.05, 0) is 29.7 Å². The van der Waals surface area contributed by atoms with Crippen LogP contribution in [0.2, 0.25) is 0 Å². The molecule has 0 atom stereocenters. The van der Waals surface area contributed by atoms with Crippen molar-refractivity contribution >= 4 is 5.97 Å². The number of rotatable bonds is 3. The third-order valence-electron chi connectivity index (χ3n) is 2.66. The molecule has 0 saturated carbocycles. The lowest BCUT2D eigenvalue weighted by Crippen LogP contribution is -1.99. The lowest BCUT2D eigenvalue weighted by atomic mass is 10.0. The minimum atomic E-state index is -0.810. The number of benzene rings is 1. The van der Waals surface area contributed by atoms with Crippen molar-refractivity contribution in [1.82, 2.24) is 4.98 Å². The summed E-state index contributed by atoms with van der Waals surface area (Å²) in [5, 5.41) is 8.69. The van der Waals surface area contributed by atoms with E-state index in [0.717, 1.165) is 22.3 Å². The maximum Gasteiger partial charge on any atom is 0.307 e. The molecule has 0 radical (unpaired) electrons. The fourth-order valence-corrected chi connectivity index (χ4v) is 1.74. The summed E-state index contributed by atoms with van der Waals surface area (Å²) >= 11 is 0. The smallest absolute Gasteiger partial charge is 0.307 e. The summed E-state index contributed by atoms with van der Waals surface area (Å²) in [5.74, 6) is -0.810. The number of pyridine rings is 1. The second-order valence-electron chi connectivity index (χ2n) is 3.96. The molecule has 1 aromatic carbocycles. The van der Waals surface area contributed by atoms with Crippen molar-refractivity contribution in [2.24, 2.45) is 0 Å². The van der Waals surface area contributed by atoms with Crippen LogP contribution >= 0.6 is 0 Å². The molecule has 1 heterocycles. The maximum atomic E-state index is 10.6. The maximum absolute atomic E-state index is 10.6. The van der Waals surface area contributed by atoms with E-state index in [4.69, 9.17) is 5.11 Å². The van der Waals surface area contributed by atoms with E-state index in [1.807, 2.05) is 43.5 Å². The molecule has 0 fully saturated rings. The Morgan fingerprint density at radius 2 is 1.94 bits per heavy atom. The van der Waals surface area contributed by atoms with Gasteiger partial charge in [0.1, 0.15) is 0 Å². The molecule has 1 aromatic heterocycles. The predicted molar refractivity (Wildman–Crippen MR) is 65.7 cm³/mol. The number of carboxylic acid groups (broad SMARTS) is 1. The first-order chi connectivity index (χ1) is 8.16. The first-order valence-corrected chi connectivity index (χ1v) is 5.38. The van der Waals surface area contributed by atoms with E-state index >= 15 is 0 Å². The Labute approximate surface area is 99.8 Å². The van der Waals surface area contributed by atoms with Crippen molar-refractivity contribution in [3.63, 3.8) is 0 Å². The molecular formula is C14H13NO2. The Kier molecular flexibility index (Phi) is 3.19. The summed E-state index contributed by atoms with van der Waals surface area (Å²) in [5.41, 5.74) is 4.10. The molecule has 0 aliphatic rings. The summed E-state index contributed by atoms with van der Waals surface area (Å²) in [4.78, 5) is 14.7. The number of hydrogen-bond acceptors (Lipinski definition) is 2. The number of hydrogen-bond donors (Lipinski definition) is 1. The predicted octanol–water partition coefficient (Wildman–Crippen LogP) is 2.68. The van der Waals surface area contributed by atoms with Crippen molar-refractivity contribution in [3.8, 4) is 11.1 Å². The molecule has 2 rings (SSSR count). The first kappa shape index (κ1) is 11.3. The standard InChI is InChI=1S/C14H13NO2/c1-10-6-7-15-9-13(10)12-4-2-11(3-5-12)8-14(16)17/h2-7,9H,8H2,1H3,(H,16,17). The van der Waals surface area contributed by atoms with Crippen LogP contribution < -0.4 is 0 Å². The monoisotopic (exact) mass is 227 g/mol. The summed E-state index contributed by atoms with van der Waals surface area (Å²) < 4.78 is 0. The molecule has 86 valence electrons. The molecule has 0 unspecified atom stereocenters. The van der Waals surface area contributed by atoms with Gasteiger partial charge in [-0.15, -0.1) is 0 Å². The third kappa shape index (κ3) is 2.69. The van der Waals surface area contributed by atoms with E-state index in [9.17, 15) is 4.79 Å². The Bertz CT molecular complexity index is 532. The van der Waals surface area contributed by atoms with E-state index in [0.29, 0.717) is 0 Å². The van der Waals surface area contributed by atoms with E-state index in [1.165, 1.54) is 0 Å². The first-order valence-electron chi connectivity index (χ1n) is 5.38. The summed E-state index contributed by atoms with van der Waals surface area (Å²) in [6, 6.07) is 9.51. The minimum absolute atomic E-state index is 0.0618. The van der Waals surface area contributed by atoms with E-state index < -0.39 is 5.97 Å². The zero-order valence-electron chi connectivity index (χ0n) is 9.55. The topological polar surface area (TPSA) is 50.2 Å².